The minimum Gasteiger partial charge on any atom is -0.347 e. The van der Waals surface area contributed by atoms with Crippen molar-refractivity contribution in [2.45, 2.75) is 45.2 Å². The number of hydrogen-bond acceptors (Lipinski definition) is 2. The highest BCUT2D eigenvalue weighted by Gasteiger charge is 2.28. The highest BCUT2D eigenvalue weighted by Crippen LogP contribution is 2.29. The zero-order valence-corrected chi connectivity index (χ0v) is 19.5. The van der Waals surface area contributed by atoms with Gasteiger partial charge in [-0.25, -0.2) is 0 Å². The molecule has 4 aromatic rings. The van der Waals surface area contributed by atoms with E-state index in [-0.39, 0.29) is 0 Å². The van der Waals surface area contributed by atoms with Gasteiger partial charge in [-0.2, -0.15) is 5.10 Å². The zero-order valence-electron chi connectivity index (χ0n) is 19.5. The highest BCUT2D eigenvalue weighted by atomic mass is 16.2. The Bertz CT molecular complexity index is 1240. The Hall–Kier alpha value is -3.34. The first-order valence-electron chi connectivity index (χ1n) is 12.0. The number of nitrogens with zero attached hydrogens (tertiary/aromatic N) is 4. The fourth-order valence-corrected chi connectivity index (χ4v) is 5.23. The lowest BCUT2D eigenvalue weighted by Gasteiger charge is -2.38. The minimum atomic E-state index is 0.291. The smallest absolute Gasteiger partial charge is 0.223 e. The van der Waals surface area contributed by atoms with E-state index in [9.17, 15) is 4.79 Å². The number of rotatable bonds is 6. The molecule has 1 fully saturated rings. The van der Waals surface area contributed by atoms with Crippen LogP contribution in [-0.2, 0) is 24.8 Å². The van der Waals surface area contributed by atoms with Gasteiger partial charge in [0.1, 0.15) is 0 Å². The number of piperidine rings is 1. The van der Waals surface area contributed by atoms with E-state index in [4.69, 9.17) is 0 Å². The molecule has 3 heterocycles. The lowest BCUT2D eigenvalue weighted by atomic mass is 9.91. The van der Waals surface area contributed by atoms with E-state index < -0.39 is 0 Å². The van der Waals surface area contributed by atoms with Gasteiger partial charge in [0.2, 0.25) is 5.91 Å². The molecule has 0 bridgehead atoms. The highest BCUT2D eigenvalue weighted by molar-refractivity contribution is 5.85. The lowest BCUT2D eigenvalue weighted by Crippen LogP contribution is -2.45. The van der Waals surface area contributed by atoms with Crippen LogP contribution >= 0.6 is 0 Å². The number of carbonyl (C=O) groups is 1. The zero-order chi connectivity index (χ0) is 22.8. The number of hydrogen-bond donors (Lipinski definition) is 0. The van der Waals surface area contributed by atoms with Gasteiger partial charge in [0.05, 0.1) is 6.20 Å². The summed E-state index contributed by atoms with van der Waals surface area (Å²) in [5, 5.41) is 5.55. The molecule has 1 aliphatic rings. The Kier molecular flexibility index (Phi) is 6.03. The summed E-state index contributed by atoms with van der Waals surface area (Å²) in [5.41, 5.74) is 4.85. The number of fused-ring (bicyclic) bond motifs is 1. The normalized spacial score (nSPS) is 18.7. The van der Waals surface area contributed by atoms with Crippen molar-refractivity contribution in [2.75, 3.05) is 6.54 Å². The van der Waals surface area contributed by atoms with E-state index in [0.717, 1.165) is 37.9 Å². The van der Waals surface area contributed by atoms with E-state index in [2.05, 4.69) is 70.3 Å². The molecule has 1 amide bonds. The van der Waals surface area contributed by atoms with Crippen LogP contribution in [0.1, 0.15) is 31.7 Å². The molecule has 2 atom stereocenters. The summed E-state index contributed by atoms with van der Waals surface area (Å²) >= 11 is 0. The Balaban J connectivity index is 1.20. The number of benzene rings is 2. The van der Waals surface area contributed by atoms with Crippen LogP contribution in [0.4, 0.5) is 0 Å². The maximum absolute atomic E-state index is 12.8. The van der Waals surface area contributed by atoms with E-state index in [0.29, 0.717) is 24.3 Å². The van der Waals surface area contributed by atoms with Crippen LogP contribution in [0.25, 0.3) is 22.0 Å². The summed E-state index contributed by atoms with van der Waals surface area (Å²) in [6.45, 7) is 4.08. The van der Waals surface area contributed by atoms with Crippen LogP contribution in [0.2, 0.25) is 0 Å². The van der Waals surface area contributed by atoms with Gasteiger partial charge in [-0.3, -0.25) is 9.48 Å². The quantitative estimate of drug-likeness (QED) is 0.408. The van der Waals surface area contributed by atoms with Crippen LogP contribution in [-0.4, -0.2) is 37.7 Å². The van der Waals surface area contributed by atoms with Crippen molar-refractivity contribution >= 4 is 16.8 Å². The van der Waals surface area contributed by atoms with Crippen molar-refractivity contribution in [1.82, 2.24) is 19.2 Å². The van der Waals surface area contributed by atoms with Gasteiger partial charge in [-0.1, -0.05) is 36.4 Å². The summed E-state index contributed by atoms with van der Waals surface area (Å²) < 4.78 is 4.22. The molecule has 2 aromatic heterocycles. The fourth-order valence-electron chi connectivity index (χ4n) is 5.23. The number of carbonyl (C=O) groups excluding carboxylic acids is 1. The molecule has 0 N–H and O–H groups in total. The fraction of sp³-hybridized carbons (Fsp3) is 0.357. The summed E-state index contributed by atoms with van der Waals surface area (Å²) in [5.74, 6) is 0.880. The molecule has 5 heteroatoms. The van der Waals surface area contributed by atoms with Gasteiger partial charge in [-0.15, -0.1) is 0 Å². The van der Waals surface area contributed by atoms with Crippen molar-refractivity contribution in [1.29, 1.82) is 0 Å². The van der Waals surface area contributed by atoms with Crippen molar-refractivity contribution in [3.8, 4) is 11.1 Å². The summed E-state index contributed by atoms with van der Waals surface area (Å²) in [4.78, 5) is 15.0. The summed E-state index contributed by atoms with van der Waals surface area (Å²) in [7, 11) is 1.95. The SMILES string of the molecule is CC1CC(Cn2ccc3cc(-c4cnn(C)c4)ccc32)CCN1C(=O)CCc1ccccc1. The number of aromatic nitrogens is 3. The van der Waals surface area contributed by atoms with E-state index in [1.165, 1.54) is 22.0 Å². The van der Waals surface area contributed by atoms with Gasteiger partial charge in [0, 0.05) is 61.5 Å². The van der Waals surface area contributed by atoms with E-state index >= 15 is 0 Å². The second-order valence-corrected chi connectivity index (χ2v) is 9.46. The molecule has 2 aromatic carbocycles. The third kappa shape index (κ3) is 4.72. The molecule has 170 valence electrons. The third-order valence-corrected chi connectivity index (χ3v) is 7.04. The second kappa shape index (κ2) is 9.26. The first-order valence-corrected chi connectivity index (χ1v) is 12.0. The van der Waals surface area contributed by atoms with Gasteiger partial charge in [-0.05, 0) is 61.4 Å². The van der Waals surface area contributed by atoms with Gasteiger partial charge >= 0.3 is 0 Å². The minimum absolute atomic E-state index is 0.291. The molecule has 0 spiro atoms. The monoisotopic (exact) mass is 440 g/mol. The molecule has 0 aliphatic carbocycles. The van der Waals surface area contributed by atoms with Crippen LogP contribution in [0, 0.1) is 5.92 Å². The van der Waals surface area contributed by atoms with Crippen molar-refractivity contribution in [2.24, 2.45) is 13.0 Å². The van der Waals surface area contributed by atoms with Crippen LogP contribution < -0.4 is 0 Å². The Morgan fingerprint density at radius 2 is 1.94 bits per heavy atom. The van der Waals surface area contributed by atoms with Gasteiger partial charge in [0.15, 0.2) is 0 Å². The van der Waals surface area contributed by atoms with Gasteiger partial charge < -0.3 is 9.47 Å². The largest absolute Gasteiger partial charge is 0.347 e. The third-order valence-electron chi connectivity index (χ3n) is 7.04. The van der Waals surface area contributed by atoms with E-state index in [1.807, 2.05) is 36.1 Å². The van der Waals surface area contributed by atoms with Crippen molar-refractivity contribution in [3.05, 3.63) is 78.8 Å². The summed E-state index contributed by atoms with van der Waals surface area (Å²) in [6.07, 6.45) is 9.71. The summed E-state index contributed by atoms with van der Waals surface area (Å²) in [6, 6.07) is 19.5. The maximum Gasteiger partial charge on any atom is 0.223 e. The van der Waals surface area contributed by atoms with Crippen molar-refractivity contribution in [3.63, 3.8) is 0 Å². The average molecular weight is 441 g/mol. The number of likely N-dealkylation sites (tertiary alicyclic amines) is 1. The molecule has 2 unspecified atom stereocenters. The van der Waals surface area contributed by atoms with Gasteiger partial charge in [0.25, 0.3) is 0 Å². The van der Waals surface area contributed by atoms with Crippen LogP contribution in [0.3, 0.4) is 0 Å². The Morgan fingerprint density at radius 3 is 2.70 bits per heavy atom. The number of amides is 1. The molecule has 5 rings (SSSR count). The number of aryl methyl sites for hydroxylation is 2. The Morgan fingerprint density at radius 1 is 1.09 bits per heavy atom. The Labute approximate surface area is 195 Å². The van der Waals surface area contributed by atoms with Crippen molar-refractivity contribution < 1.29 is 4.79 Å². The average Bonchev–Trinajstić information content (AvgIpc) is 3.44. The first kappa shape index (κ1) is 21.5. The molecule has 0 saturated carbocycles. The maximum atomic E-state index is 12.8. The predicted molar refractivity (Wildman–Crippen MR) is 133 cm³/mol. The lowest BCUT2D eigenvalue weighted by molar-refractivity contribution is -0.135. The molecule has 33 heavy (non-hydrogen) atoms. The van der Waals surface area contributed by atoms with Crippen LogP contribution in [0.5, 0.6) is 0 Å². The molecular formula is C28H32N4O. The first-order chi connectivity index (χ1) is 16.1. The molecule has 0 radical (unpaired) electrons. The molecule has 1 saturated heterocycles. The molecular weight excluding hydrogens is 408 g/mol. The predicted octanol–water partition coefficient (Wildman–Crippen LogP) is 5.30. The van der Waals surface area contributed by atoms with E-state index in [1.54, 1.807) is 0 Å². The topological polar surface area (TPSA) is 43.1 Å². The van der Waals surface area contributed by atoms with Crippen LogP contribution in [0.15, 0.2) is 73.2 Å². The molecule has 1 aliphatic heterocycles. The second-order valence-electron chi connectivity index (χ2n) is 9.46. The standard InChI is InChI=1S/C28H32N4O/c1-21-16-23(12-15-32(21)28(33)11-8-22-6-4-3-5-7-22)19-31-14-13-25-17-24(9-10-27(25)31)26-18-29-30(2)20-26/h3-7,9-10,13-14,17-18,20-21,23H,8,11-12,15-16,19H2,1-2H3. The molecule has 5 nitrogen and oxygen atoms in total.